The van der Waals surface area contributed by atoms with Crippen LogP contribution in [0.5, 0.6) is 5.75 Å². The predicted molar refractivity (Wildman–Crippen MR) is 88.5 cm³/mol. The molecule has 2 rings (SSSR count). The quantitative estimate of drug-likeness (QED) is 0.732. The molecule has 112 valence electrons. The van der Waals surface area contributed by atoms with Crippen LogP contribution in [0, 0.1) is 0 Å². The van der Waals surface area contributed by atoms with E-state index in [0.29, 0.717) is 13.0 Å². The predicted octanol–water partition coefficient (Wildman–Crippen LogP) is 2.44. The summed E-state index contributed by atoms with van der Waals surface area (Å²) in [6.07, 6.45) is 1.25. The molecule has 1 amide bonds. The van der Waals surface area contributed by atoms with Gasteiger partial charge in [0.2, 0.25) is 5.91 Å². The fraction of sp³-hybridized carbons (Fsp3) is 0.267. The molecule has 0 aliphatic carbocycles. The van der Waals surface area contributed by atoms with E-state index in [-0.39, 0.29) is 11.7 Å². The van der Waals surface area contributed by atoms with Gasteiger partial charge in [0.05, 0.1) is 9.83 Å². The number of amides is 1. The maximum Gasteiger partial charge on any atom is 0.237 e. The van der Waals surface area contributed by atoms with E-state index in [0.717, 1.165) is 15.8 Å². The van der Waals surface area contributed by atoms with E-state index >= 15 is 0 Å². The Bertz CT molecular complexity index is 598. The highest BCUT2D eigenvalue weighted by atomic mass is 79.9. The molecule has 0 spiro atoms. The van der Waals surface area contributed by atoms with Crippen LogP contribution in [-0.2, 0) is 17.6 Å². The average molecular weight is 369 g/mol. The fourth-order valence-corrected chi connectivity index (χ4v) is 3.39. The number of halogens is 1. The Morgan fingerprint density at radius 3 is 2.62 bits per heavy atom. The molecule has 1 heterocycles. The fourth-order valence-electron chi connectivity index (χ4n) is 1.90. The van der Waals surface area contributed by atoms with Crippen LogP contribution in [0.3, 0.4) is 0 Å². The van der Waals surface area contributed by atoms with E-state index in [2.05, 4.69) is 21.2 Å². The number of phenolic OH excluding ortho intramolecular Hbond substituents is 1. The largest absolute Gasteiger partial charge is 0.508 e. The topological polar surface area (TPSA) is 75.3 Å². The van der Waals surface area contributed by atoms with Crippen LogP contribution in [0.1, 0.15) is 10.4 Å². The lowest BCUT2D eigenvalue weighted by molar-refractivity contribution is -0.122. The number of aromatic hydroxyl groups is 1. The molecule has 21 heavy (non-hydrogen) atoms. The SMILES string of the molecule is N[C@@H](Cc1ccc(O)cc1)C(=O)NCCc1ccc(Br)s1. The van der Waals surface area contributed by atoms with Crippen LogP contribution in [0.4, 0.5) is 0 Å². The Kier molecular flexibility index (Phi) is 5.78. The van der Waals surface area contributed by atoms with Crippen molar-refractivity contribution in [1.82, 2.24) is 5.32 Å². The first kappa shape index (κ1) is 16.0. The first-order valence-electron chi connectivity index (χ1n) is 6.60. The number of nitrogens with two attached hydrogens (primary N) is 1. The Morgan fingerprint density at radius 1 is 1.29 bits per heavy atom. The highest BCUT2D eigenvalue weighted by Crippen LogP contribution is 2.22. The Balaban J connectivity index is 1.75. The summed E-state index contributed by atoms with van der Waals surface area (Å²) < 4.78 is 1.09. The van der Waals surface area contributed by atoms with Crippen LogP contribution >= 0.6 is 27.3 Å². The van der Waals surface area contributed by atoms with E-state index in [1.807, 2.05) is 12.1 Å². The summed E-state index contributed by atoms with van der Waals surface area (Å²) in [5.41, 5.74) is 6.82. The highest BCUT2D eigenvalue weighted by Gasteiger charge is 2.13. The summed E-state index contributed by atoms with van der Waals surface area (Å²) >= 11 is 5.07. The molecule has 0 fully saturated rings. The molecule has 0 unspecified atom stereocenters. The number of nitrogens with one attached hydrogen (secondary N) is 1. The lowest BCUT2D eigenvalue weighted by Gasteiger charge is -2.12. The van der Waals surface area contributed by atoms with Crippen molar-refractivity contribution in [3.63, 3.8) is 0 Å². The summed E-state index contributed by atoms with van der Waals surface area (Å²) in [5, 5.41) is 12.1. The summed E-state index contributed by atoms with van der Waals surface area (Å²) in [6.45, 7) is 0.578. The van der Waals surface area contributed by atoms with Gasteiger partial charge >= 0.3 is 0 Å². The molecule has 6 heteroatoms. The maximum absolute atomic E-state index is 11.9. The highest BCUT2D eigenvalue weighted by molar-refractivity contribution is 9.11. The Morgan fingerprint density at radius 2 is 2.00 bits per heavy atom. The third-order valence-electron chi connectivity index (χ3n) is 3.03. The van der Waals surface area contributed by atoms with Gasteiger partial charge in [-0.05, 0) is 58.6 Å². The standard InChI is InChI=1S/C15H17BrN2O2S/c16-14-6-5-12(21-14)7-8-18-15(20)13(17)9-10-1-3-11(19)4-2-10/h1-6,13,19H,7-9,17H2,(H,18,20)/t13-/m0/s1. The molecule has 4 nitrogen and oxygen atoms in total. The number of carbonyl (C=O) groups excluding carboxylic acids is 1. The van der Waals surface area contributed by atoms with Gasteiger partial charge in [0, 0.05) is 11.4 Å². The van der Waals surface area contributed by atoms with Crippen LogP contribution in [0.25, 0.3) is 0 Å². The van der Waals surface area contributed by atoms with E-state index in [9.17, 15) is 9.90 Å². The number of benzene rings is 1. The maximum atomic E-state index is 11.9. The van der Waals surface area contributed by atoms with Crippen molar-refractivity contribution in [2.45, 2.75) is 18.9 Å². The molecule has 0 aliphatic rings. The molecule has 0 saturated heterocycles. The second-order valence-electron chi connectivity index (χ2n) is 4.72. The number of thiophene rings is 1. The van der Waals surface area contributed by atoms with Gasteiger partial charge in [0.15, 0.2) is 0 Å². The number of hydrogen-bond donors (Lipinski definition) is 3. The van der Waals surface area contributed by atoms with Crippen LogP contribution < -0.4 is 11.1 Å². The van der Waals surface area contributed by atoms with Crippen molar-refractivity contribution < 1.29 is 9.90 Å². The van der Waals surface area contributed by atoms with Crippen LogP contribution in [0.2, 0.25) is 0 Å². The summed E-state index contributed by atoms with van der Waals surface area (Å²) in [7, 11) is 0. The van der Waals surface area contributed by atoms with E-state index < -0.39 is 6.04 Å². The van der Waals surface area contributed by atoms with Crippen molar-refractivity contribution in [2.75, 3.05) is 6.54 Å². The number of phenols is 1. The van der Waals surface area contributed by atoms with Crippen molar-refractivity contribution >= 4 is 33.2 Å². The minimum Gasteiger partial charge on any atom is -0.508 e. The minimum atomic E-state index is -0.579. The first-order valence-corrected chi connectivity index (χ1v) is 8.21. The van der Waals surface area contributed by atoms with Crippen LogP contribution in [-0.4, -0.2) is 23.6 Å². The van der Waals surface area contributed by atoms with Gasteiger partial charge in [0.1, 0.15) is 5.75 Å². The van der Waals surface area contributed by atoms with Crippen LogP contribution in [0.15, 0.2) is 40.2 Å². The summed E-state index contributed by atoms with van der Waals surface area (Å²) in [6, 6.07) is 10.2. The monoisotopic (exact) mass is 368 g/mol. The van der Waals surface area contributed by atoms with Crippen molar-refractivity contribution in [3.8, 4) is 5.75 Å². The normalized spacial score (nSPS) is 12.1. The third kappa shape index (κ3) is 5.15. The van der Waals surface area contributed by atoms with Gasteiger partial charge < -0.3 is 16.2 Å². The van der Waals surface area contributed by atoms with Gasteiger partial charge in [-0.1, -0.05) is 12.1 Å². The van der Waals surface area contributed by atoms with Crippen molar-refractivity contribution in [2.24, 2.45) is 5.73 Å². The molecule has 1 aromatic carbocycles. The lowest BCUT2D eigenvalue weighted by Crippen LogP contribution is -2.42. The van der Waals surface area contributed by atoms with Gasteiger partial charge in [0.25, 0.3) is 0 Å². The molecular formula is C15H17BrN2O2S. The molecule has 2 aromatic rings. The molecule has 0 aliphatic heterocycles. The first-order chi connectivity index (χ1) is 10.0. The Hall–Kier alpha value is -1.37. The zero-order valence-electron chi connectivity index (χ0n) is 11.4. The van der Waals surface area contributed by atoms with E-state index in [4.69, 9.17) is 5.73 Å². The van der Waals surface area contributed by atoms with E-state index in [1.165, 1.54) is 4.88 Å². The van der Waals surface area contributed by atoms with E-state index in [1.54, 1.807) is 35.6 Å². The molecule has 1 aromatic heterocycles. The zero-order valence-corrected chi connectivity index (χ0v) is 13.8. The number of carbonyl (C=O) groups is 1. The molecule has 0 saturated carbocycles. The molecule has 0 bridgehead atoms. The number of rotatable bonds is 6. The summed E-state index contributed by atoms with van der Waals surface area (Å²) in [5.74, 6) is 0.0533. The summed E-state index contributed by atoms with van der Waals surface area (Å²) in [4.78, 5) is 13.1. The average Bonchev–Trinajstić information content (AvgIpc) is 2.87. The lowest BCUT2D eigenvalue weighted by atomic mass is 10.1. The molecular weight excluding hydrogens is 352 g/mol. The van der Waals surface area contributed by atoms with Gasteiger partial charge in [-0.3, -0.25) is 4.79 Å². The number of hydrogen-bond acceptors (Lipinski definition) is 4. The van der Waals surface area contributed by atoms with Gasteiger partial charge in [-0.25, -0.2) is 0 Å². The van der Waals surface area contributed by atoms with Crippen molar-refractivity contribution in [3.05, 3.63) is 50.6 Å². The van der Waals surface area contributed by atoms with Crippen molar-refractivity contribution in [1.29, 1.82) is 0 Å². The zero-order chi connectivity index (χ0) is 15.2. The minimum absolute atomic E-state index is 0.154. The second-order valence-corrected chi connectivity index (χ2v) is 7.27. The smallest absolute Gasteiger partial charge is 0.237 e. The van der Waals surface area contributed by atoms with Gasteiger partial charge in [-0.15, -0.1) is 11.3 Å². The third-order valence-corrected chi connectivity index (χ3v) is 4.71. The molecule has 4 N–H and O–H groups in total. The molecule has 0 radical (unpaired) electrons. The Labute approximate surface area is 136 Å². The van der Waals surface area contributed by atoms with Gasteiger partial charge in [-0.2, -0.15) is 0 Å². The second kappa shape index (κ2) is 7.59. The molecule has 1 atom stereocenters.